The van der Waals surface area contributed by atoms with Crippen LogP contribution in [0.25, 0.3) is 0 Å². The van der Waals surface area contributed by atoms with Crippen LogP contribution in [0, 0.1) is 6.92 Å². The first-order valence-corrected chi connectivity index (χ1v) is 7.55. The maximum atomic E-state index is 12.1. The van der Waals surface area contributed by atoms with Crippen LogP contribution in [0.3, 0.4) is 0 Å². The second kappa shape index (κ2) is 8.08. The van der Waals surface area contributed by atoms with Gasteiger partial charge in [-0.2, -0.15) is 0 Å². The molecule has 0 atom stereocenters. The largest absolute Gasteiger partial charge is 0.468 e. The van der Waals surface area contributed by atoms with Crippen LogP contribution in [-0.4, -0.2) is 36.2 Å². The molecular formula is C16H28N2O3. The predicted octanol–water partition coefficient (Wildman–Crippen LogP) is 3.32. The van der Waals surface area contributed by atoms with Crippen molar-refractivity contribution in [1.82, 2.24) is 10.2 Å². The molecule has 1 heterocycles. The number of nitrogens with one attached hydrogen (secondary N) is 1. The summed E-state index contributed by atoms with van der Waals surface area (Å²) in [7, 11) is 0. The van der Waals surface area contributed by atoms with Crippen molar-refractivity contribution >= 4 is 6.09 Å². The highest BCUT2D eigenvalue weighted by atomic mass is 16.6. The predicted molar refractivity (Wildman–Crippen MR) is 83.2 cm³/mol. The van der Waals surface area contributed by atoms with E-state index in [4.69, 9.17) is 9.15 Å². The molecule has 0 aliphatic rings. The van der Waals surface area contributed by atoms with Crippen LogP contribution >= 0.6 is 0 Å². The molecule has 5 nitrogen and oxygen atoms in total. The van der Waals surface area contributed by atoms with Gasteiger partial charge in [0.1, 0.15) is 11.4 Å². The van der Waals surface area contributed by atoms with Crippen molar-refractivity contribution in [2.45, 2.75) is 53.2 Å². The number of aryl methyl sites for hydroxylation is 1. The minimum Gasteiger partial charge on any atom is -0.468 e. The Balaban J connectivity index is 2.37. The SMILES string of the molecule is CCCN(CCNCc1occc1C)C(=O)OC(C)(C)C. The molecule has 21 heavy (non-hydrogen) atoms. The summed E-state index contributed by atoms with van der Waals surface area (Å²) in [5.41, 5.74) is 0.682. The van der Waals surface area contributed by atoms with Gasteiger partial charge in [-0.25, -0.2) is 4.79 Å². The smallest absolute Gasteiger partial charge is 0.410 e. The Bertz CT molecular complexity index is 435. The number of carbonyl (C=O) groups excluding carboxylic acids is 1. The van der Waals surface area contributed by atoms with Crippen molar-refractivity contribution in [3.8, 4) is 0 Å². The minimum atomic E-state index is -0.457. The summed E-state index contributed by atoms with van der Waals surface area (Å²) in [5.74, 6) is 0.939. The number of carbonyl (C=O) groups is 1. The van der Waals surface area contributed by atoms with Crippen LogP contribution in [-0.2, 0) is 11.3 Å². The highest BCUT2D eigenvalue weighted by Crippen LogP contribution is 2.10. The monoisotopic (exact) mass is 296 g/mol. The standard InChI is InChI=1S/C16H28N2O3/c1-6-9-18(15(19)21-16(3,4)5)10-8-17-12-14-13(2)7-11-20-14/h7,11,17H,6,8-10,12H2,1-5H3. The van der Waals surface area contributed by atoms with Crippen molar-refractivity contribution in [2.24, 2.45) is 0 Å². The number of amides is 1. The fourth-order valence-electron chi connectivity index (χ4n) is 1.89. The highest BCUT2D eigenvalue weighted by molar-refractivity contribution is 5.68. The summed E-state index contributed by atoms with van der Waals surface area (Å²) >= 11 is 0. The molecule has 1 aromatic heterocycles. The summed E-state index contributed by atoms with van der Waals surface area (Å²) in [5, 5.41) is 3.29. The first kappa shape index (κ1) is 17.6. The van der Waals surface area contributed by atoms with Crippen LogP contribution in [0.1, 0.15) is 45.4 Å². The first-order valence-electron chi connectivity index (χ1n) is 7.55. The number of furan rings is 1. The number of ether oxygens (including phenoxy) is 1. The van der Waals surface area contributed by atoms with Gasteiger partial charge in [0.05, 0.1) is 12.8 Å². The van der Waals surface area contributed by atoms with Crippen LogP contribution in [0.5, 0.6) is 0 Å². The summed E-state index contributed by atoms with van der Waals surface area (Å²) in [4.78, 5) is 13.8. The zero-order valence-corrected chi connectivity index (χ0v) is 13.9. The van der Waals surface area contributed by atoms with E-state index in [2.05, 4.69) is 12.2 Å². The second-order valence-corrected chi connectivity index (χ2v) is 6.17. The van der Waals surface area contributed by atoms with E-state index in [0.717, 1.165) is 17.7 Å². The lowest BCUT2D eigenvalue weighted by Crippen LogP contribution is -2.40. The third kappa shape index (κ3) is 6.67. The molecule has 1 aromatic rings. The fourth-order valence-corrected chi connectivity index (χ4v) is 1.89. The molecule has 0 fully saturated rings. The van der Waals surface area contributed by atoms with Crippen LogP contribution < -0.4 is 5.32 Å². The van der Waals surface area contributed by atoms with Gasteiger partial charge in [-0.15, -0.1) is 0 Å². The molecule has 0 bridgehead atoms. The lowest BCUT2D eigenvalue weighted by Gasteiger charge is -2.27. The van der Waals surface area contributed by atoms with Crippen molar-refractivity contribution in [1.29, 1.82) is 0 Å². The molecule has 0 saturated heterocycles. The quantitative estimate of drug-likeness (QED) is 0.784. The summed E-state index contributed by atoms with van der Waals surface area (Å²) in [6.45, 7) is 12.4. The third-order valence-corrected chi connectivity index (χ3v) is 2.96. The highest BCUT2D eigenvalue weighted by Gasteiger charge is 2.21. The number of rotatable bonds is 7. The minimum absolute atomic E-state index is 0.250. The van der Waals surface area contributed by atoms with Gasteiger partial charge in [0, 0.05) is 19.6 Å². The lowest BCUT2D eigenvalue weighted by molar-refractivity contribution is 0.0251. The molecule has 0 radical (unpaired) electrons. The molecule has 0 aliphatic heterocycles. The summed E-state index contributed by atoms with van der Waals surface area (Å²) in [6, 6.07) is 1.95. The Morgan fingerprint density at radius 1 is 1.38 bits per heavy atom. The van der Waals surface area contributed by atoms with E-state index in [1.165, 1.54) is 0 Å². The van der Waals surface area contributed by atoms with Gasteiger partial charge < -0.3 is 19.4 Å². The fraction of sp³-hybridized carbons (Fsp3) is 0.688. The zero-order valence-electron chi connectivity index (χ0n) is 13.9. The molecular weight excluding hydrogens is 268 g/mol. The average Bonchev–Trinajstić information content (AvgIpc) is 2.76. The Kier molecular flexibility index (Phi) is 6.75. The number of nitrogens with zero attached hydrogens (tertiary/aromatic N) is 1. The van der Waals surface area contributed by atoms with E-state index in [0.29, 0.717) is 26.2 Å². The van der Waals surface area contributed by atoms with Gasteiger partial charge in [0.2, 0.25) is 0 Å². The van der Waals surface area contributed by atoms with Crippen LogP contribution in [0.4, 0.5) is 4.79 Å². The maximum Gasteiger partial charge on any atom is 0.410 e. The maximum absolute atomic E-state index is 12.1. The van der Waals surface area contributed by atoms with Gasteiger partial charge >= 0.3 is 6.09 Å². The van der Waals surface area contributed by atoms with E-state index in [-0.39, 0.29) is 6.09 Å². The first-order chi connectivity index (χ1) is 9.83. The normalized spacial score (nSPS) is 11.5. The molecule has 5 heteroatoms. The average molecular weight is 296 g/mol. The van der Waals surface area contributed by atoms with Crippen molar-refractivity contribution in [3.63, 3.8) is 0 Å². The zero-order chi connectivity index (χ0) is 15.9. The molecule has 0 unspecified atom stereocenters. The van der Waals surface area contributed by atoms with E-state index in [1.54, 1.807) is 11.2 Å². The van der Waals surface area contributed by atoms with E-state index < -0.39 is 5.60 Å². The van der Waals surface area contributed by atoms with E-state index in [1.807, 2.05) is 33.8 Å². The van der Waals surface area contributed by atoms with Gasteiger partial charge in [-0.05, 0) is 45.7 Å². The van der Waals surface area contributed by atoms with Gasteiger partial charge in [-0.1, -0.05) is 6.92 Å². The van der Waals surface area contributed by atoms with Crippen LogP contribution in [0.15, 0.2) is 16.7 Å². The lowest BCUT2D eigenvalue weighted by atomic mass is 10.2. The summed E-state index contributed by atoms with van der Waals surface area (Å²) < 4.78 is 10.8. The Morgan fingerprint density at radius 3 is 2.62 bits per heavy atom. The van der Waals surface area contributed by atoms with Gasteiger partial charge in [0.25, 0.3) is 0 Å². The Hall–Kier alpha value is -1.49. The van der Waals surface area contributed by atoms with E-state index >= 15 is 0 Å². The van der Waals surface area contributed by atoms with Gasteiger partial charge in [-0.3, -0.25) is 0 Å². The van der Waals surface area contributed by atoms with E-state index in [9.17, 15) is 4.79 Å². The van der Waals surface area contributed by atoms with Crippen molar-refractivity contribution in [3.05, 3.63) is 23.7 Å². The Morgan fingerprint density at radius 2 is 2.10 bits per heavy atom. The van der Waals surface area contributed by atoms with Crippen LogP contribution in [0.2, 0.25) is 0 Å². The second-order valence-electron chi connectivity index (χ2n) is 6.17. The molecule has 1 N–H and O–H groups in total. The molecule has 120 valence electrons. The molecule has 0 spiro atoms. The molecule has 0 aliphatic carbocycles. The number of hydrogen-bond acceptors (Lipinski definition) is 4. The van der Waals surface area contributed by atoms with Gasteiger partial charge in [0.15, 0.2) is 0 Å². The molecule has 0 aromatic carbocycles. The van der Waals surface area contributed by atoms with Crippen molar-refractivity contribution in [2.75, 3.05) is 19.6 Å². The Labute approximate surface area is 127 Å². The number of hydrogen-bond donors (Lipinski definition) is 1. The molecule has 1 amide bonds. The molecule has 1 rings (SSSR count). The third-order valence-electron chi connectivity index (χ3n) is 2.96. The summed E-state index contributed by atoms with van der Waals surface area (Å²) in [6.07, 6.45) is 2.35. The molecule has 0 saturated carbocycles. The van der Waals surface area contributed by atoms with Crippen molar-refractivity contribution < 1.29 is 13.9 Å². The topological polar surface area (TPSA) is 54.7 Å².